The molecule has 0 aliphatic carbocycles. The average molecular weight is 279 g/mol. The molecule has 0 saturated heterocycles. The van der Waals surface area contributed by atoms with Crippen LogP contribution in [0.3, 0.4) is 0 Å². The Bertz CT molecular complexity index is 492. The van der Waals surface area contributed by atoms with E-state index in [0.717, 1.165) is 16.8 Å². The maximum Gasteiger partial charge on any atom is 0.326 e. The van der Waals surface area contributed by atoms with Gasteiger partial charge in [-0.1, -0.05) is 13.0 Å². The van der Waals surface area contributed by atoms with E-state index in [1.807, 2.05) is 32.0 Å². The molecule has 5 nitrogen and oxygen atoms in total. The van der Waals surface area contributed by atoms with Gasteiger partial charge in [0.15, 0.2) is 0 Å². The van der Waals surface area contributed by atoms with Gasteiger partial charge in [0, 0.05) is 12.2 Å². The number of aryl methyl sites for hydroxylation is 2. The van der Waals surface area contributed by atoms with Gasteiger partial charge >= 0.3 is 11.9 Å². The summed E-state index contributed by atoms with van der Waals surface area (Å²) in [6.07, 6.45) is 0. The van der Waals surface area contributed by atoms with Crippen LogP contribution in [0, 0.1) is 19.8 Å². The molecule has 1 rings (SSSR count). The van der Waals surface area contributed by atoms with Crippen LogP contribution in [0.15, 0.2) is 18.2 Å². The maximum absolute atomic E-state index is 11.2. The Labute approximate surface area is 118 Å². The number of carboxylic acids is 2. The van der Waals surface area contributed by atoms with Crippen molar-refractivity contribution in [2.24, 2.45) is 5.92 Å². The molecular formula is C15H21NO4. The Hall–Kier alpha value is -2.04. The van der Waals surface area contributed by atoms with Crippen LogP contribution in [0.25, 0.3) is 0 Å². The summed E-state index contributed by atoms with van der Waals surface area (Å²) >= 11 is 0. The van der Waals surface area contributed by atoms with Crippen LogP contribution in [-0.2, 0) is 9.59 Å². The minimum absolute atomic E-state index is 0.158. The Balaban J connectivity index is 3.15. The minimum Gasteiger partial charge on any atom is -0.481 e. The lowest BCUT2D eigenvalue weighted by molar-refractivity contribution is -0.142. The van der Waals surface area contributed by atoms with Gasteiger partial charge in [-0.2, -0.15) is 0 Å². The van der Waals surface area contributed by atoms with Crippen molar-refractivity contribution in [3.63, 3.8) is 0 Å². The molecule has 1 aromatic rings. The second kappa shape index (κ2) is 6.41. The number of carboxylic acid groups (broad SMARTS) is 2. The van der Waals surface area contributed by atoms with Crippen LogP contribution in [0.5, 0.6) is 0 Å². The van der Waals surface area contributed by atoms with Crippen molar-refractivity contribution in [3.8, 4) is 0 Å². The second-order valence-corrected chi connectivity index (χ2v) is 5.25. The Kier molecular flexibility index (Phi) is 5.13. The molecule has 2 N–H and O–H groups in total. The molecule has 0 radical (unpaired) electrons. The molecule has 0 amide bonds. The highest BCUT2D eigenvalue weighted by molar-refractivity contribution is 5.78. The first-order valence-electron chi connectivity index (χ1n) is 6.53. The fourth-order valence-corrected chi connectivity index (χ4v) is 2.11. The summed E-state index contributed by atoms with van der Waals surface area (Å²) in [7, 11) is 0. The summed E-state index contributed by atoms with van der Waals surface area (Å²) in [4.78, 5) is 23.9. The molecule has 0 spiro atoms. The van der Waals surface area contributed by atoms with E-state index in [1.165, 1.54) is 0 Å². The van der Waals surface area contributed by atoms with Crippen LogP contribution >= 0.6 is 0 Å². The van der Waals surface area contributed by atoms with Gasteiger partial charge in [-0.25, -0.2) is 4.79 Å². The summed E-state index contributed by atoms with van der Waals surface area (Å²) in [6, 6.07) is 4.97. The van der Waals surface area contributed by atoms with Gasteiger partial charge in [-0.15, -0.1) is 0 Å². The highest BCUT2D eigenvalue weighted by Crippen LogP contribution is 2.22. The number of rotatable bonds is 6. The predicted octanol–water partition coefficient (Wildman–Crippen LogP) is 2.30. The molecule has 2 atom stereocenters. The smallest absolute Gasteiger partial charge is 0.326 e. The molecule has 0 aliphatic heterocycles. The fourth-order valence-electron chi connectivity index (χ4n) is 2.11. The van der Waals surface area contributed by atoms with Crippen molar-refractivity contribution in [1.82, 2.24) is 0 Å². The molecule has 1 aromatic carbocycles. The van der Waals surface area contributed by atoms with E-state index in [-0.39, 0.29) is 6.54 Å². The van der Waals surface area contributed by atoms with Gasteiger partial charge in [0.05, 0.1) is 5.92 Å². The number of aliphatic carboxylic acids is 2. The number of hydrogen-bond donors (Lipinski definition) is 2. The van der Waals surface area contributed by atoms with Crippen molar-refractivity contribution in [1.29, 1.82) is 0 Å². The Morgan fingerprint density at radius 1 is 1.05 bits per heavy atom. The quantitative estimate of drug-likeness (QED) is 0.835. The van der Waals surface area contributed by atoms with E-state index >= 15 is 0 Å². The van der Waals surface area contributed by atoms with E-state index in [2.05, 4.69) is 0 Å². The number of anilines is 1. The highest BCUT2D eigenvalue weighted by atomic mass is 16.4. The minimum atomic E-state index is -0.971. The second-order valence-electron chi connectivity index (χ2n) is 5.25. The lowest BCUT2D eigenvalue weighted by atomic mass is 10.1. The maximum atomic E-state index is 11.2. The summed E-state index contributed by atoms with van der Waals surface area (Å²) in [5.41, 5.74) is 2.78. The van der Waals surface area contributed by atoms with Gasteiger partial charge in [0.2, 0.25) is 0 Å². The topological polar surface area (TPSA) is 77.8 Å². The summed E-state index contributed by atoms with van der Waals surface area (Å²) in [6.45, 7) is 7.16. The normalized spacial score (nSPS) is 13.6. The number of carbonyl (C=O) groups is 2. The molecule has 0 bridgehead atoms. The number of hydrogen-bond acceptors (Lipinski definition) is 3. The van der Waals surface area contributed by atoms with Crippen molar-refractivity contribution in [3.05, 3.63) is 29.3 Å². The molecule has 110 valence electrons. The molecule has 0 aromatic heterocycles. The Morgan fingerprint density at radius 2 is 1.55 bits per heavy atom. The average Bonchev–Trinajstić information content (AvgIpc) is 2.33. The van der Waals surface area contributed by atoms with E-state index in [0.29, 0.717) is 0 Å². The molecule has 0 fully saturated rings. The van der Waals surface area contributed by atoms with E-state index in [9.17, 15) is 14.7 Å². The first kappa shape index (κ1) is 16.0. The first-order chi connectivity index (χ1) is 9.22. The van der Waals surface area contributed by atoms with Gasteiger partial charge < -0.3 is 15.1 Å². The molecule has 5 heteroatoms. The standard InChI is InChI=1S/C15H21NO4/c1-9-5-10(2)7-13(6-9)16(12(4)15(19)20)8-11(3)14(17)18/h5-7,11-12H,8H2,1-4H3,(H,17,18)(H,19,20). The number of benzene rings is 1. The van der Waals surface area contributed by atoms with Gasteiger partial charge in [0.1, 0.15) is 6.04 Å². The summed E-state index contributed by atoms with van der Waals surface area (Å²) in [5.74, 6) is -2.55. The van der Waals surface area contributed by atoms with E-state index in [4.69, 9.17) is 5.11 Å². The zero-order valence-corrected chi connectivity index (χ0v) is 12.3. The number of nitrogens with zero attached hydrogens (tertiary/aromatic N) is 1. The first-order valence-corrected chi connectivity index (χ1v) is 6.53. The van der Waals surface area contributed by atoms with E-state index < -0.39 is 23.9 Å². The van der Waals surface area contributed by atoms with Crippen molar-refractivity contribution in [2.75, 3.05) is 11.4 Å². The fraction of sp³-hybridized carbons (Fsp3) is 0.467. The highest BCUT2D eigenvalue weighted by Gasteiger charge is 2.25. The lowest BCUT2D eigenvalue weighted by Crippen LogP contribution is -2.43. The molecule has 0 aliphatic rings. The zero-order chi connectivity index (χ0) is 15.4. The third kappa shape index (κ3) is 3.98. The van der Waals surface area contributed by atoms with Crippen LogP contribution in [0.4, 0.5) is 5.69 Å². The molecule has 0 saturated carbocycles. The van der Waals surface area contributed by atoms with Gasteiger partial charge in [-0.3, -0.25) is 4.79 Å². The van der Waals surface area contributed by atoms with Crippen molar-refractivity contribution < 1.29 is 19.8 Å². The van der Waals surface area contributed by atoms with Crippen molar-refractivity contribution in [2.45, 2.75) is 33.7 Å². The third-order valence-corrected chi connectivity index (χ3v) is 3.26. The van der Waals surface area contributed by atoms with Crippen molar-refractivity contribution >= 4 is 17.6 Å². The van der Waals surface area contributed by atoms with E-state index in [1.54, 1.807) is 18.7 Å². The monoisotopic (exact) mass is 279 g/mol. The lowest BCUT2D eigenvalue weighted by Gasteiger charge is -2.30. The van der Waals surface area contributed by atoms with Crippen LogP contribution < -0.4 is 4.90 Å². The molecular weight excluding hydrogens is 258 g/mol. The van der Waals surface area contributed by atoms with Crippen LogP contribution in [0.2, 0.25) is 0 Å². The SMILES string of the molecule is Cc1cc(C)cc(N(CC(C)C(=O)O)C(C)C(=O)O)c1. The largest absolute Gasteiger partial charge is 0.481 e. The Morgan fingerprint density at radius 3 is 1.95 bits per heavy atom. The van der Waals surface area contributed by atoms with Gasteiger partial charge in [0.25, 0.3) is 0 Å². The summed E-state index contributed by atoms with van der Waals surface area (Å²) < 4.78 is 0. The van der Waals surface area contributed by atoms with Crippen LogP contribution in [0.1, 0.15) is 25.0 Å². The van der Waals surface area contributed by atoms with Gasteiger partial charge in [-0.05, 0) is 44.0 Å². The summed E-state index contributed by atoms with van der Waals surface area (Å²) in [5, 5.41) is 18.2. The zero-order valence-electron chi connectivity index (χ0n) is 12.3. The third-order valence-electron chi connectivity index (χ3n) is 3.26. The molecule has 20 heavy (non-hydrogen) atoms. The predicted molar refractivity (Wildman–Crippen MR) is 77.2 cm³/mol. The van der Waals surface area contributed by atoms with Crippen LogP contribution in [-0.4, -0.2) is 34.7 Å². The molecule has 2 unspecified atom stereocenters. The molecule has 0 heterocycles.